The van der Waals surface area contributed by atoms with Gasteiger partial charge in [-0.15, -0.1) is 0 Å². The molecule has 1 atom stereocenters. The minimum absolute atomic E-state index is 0.588. The normalized spacial score (nSPS) is 17.9. The zero-order valence-corrected chi connectivity index (χ0v) is 11.2. The van der Waals surface area contributed by atoms with Gasteiger partial charge in [0, 0.05) is 27.7 Å². The lowest BCUT2D eigenvalue weighted by molar-refractivity contribution is -0.143. The topological polar surface area (TPSA) is 56.3 Å². The number of carbonyl (C=O) groups is 1. The summed E-state index contributed by atoms with van der Waals surface area (Å²) in [5.41, 5.74) is 1.72. The minimum atomic E-state index is -0.803. The first-order valence-electron chi connectivity index (χ1n) is 6.40. The van der Waals surface area contributed by atoms with Crippen molar-refractivity contribution in [1.29, 1.82) is 0 Å². The Kier molecular flexibility index (Phi) is 3.21. The van der Waals surface area contributed by atoms with Crippen LogP contribution in [-0.4, -0.2) is 34.0 Å². The highest BCUT2D eigenvalue weighted by molar-refractivity contribution is 6.31. The molecule has 0 amide bonds. The van der Waals surface area contributed by atoms with E-state index in [1.807, 2.05) is 17.0 Å². The van der Waals surface area contributed by atoms with Gasteiger partial charge < -0.3 is 10.1 Å². The first-order chi connectivity index (χ1) is 9.16. The number of benzene rings is 1. The Labute approximate surface area is 116 Å². The van der Waals surface area contributed by atoms with E-state index >= 15 is 0 Å². The number of hydrogen-bond donors (Lipinski definition) is 2. The molecule has 2 heterocycles. The SMILES string of the molecule is O=C(O)[C@H](c1c[nH]c2ccc(Cl)cc12)N1CCCC1. The number of H-pyrrole nitrogens is 1. The average molecular weight is 279 g/mol. The van der Waals surface area contributed by atoms with Crippen LogP contribution in [0.15, 0.2) is 24.4 Å². The van der Waals surface area contributed by atoms with Gasteiger partial charge >= 0.3 is 5.97 Å². The first-order valence-corrected chi connectivity index (χ1v) is 6.78. The van der Waals surface area contributed by atoms with Crippen LogP contribution >= 0.6 is 11.6 Å². The van der Waals surface area contributed by atoms with Crippen LogP contribution in [0.1, 0.15) is 24.4 Å². The second-order valence-electron chi connectivity index (χ2n) is 4.92. The summed E-state index contributed by atoms with van der Waals surface area (Å²) in [6.07, 6.45) is 3.91. The van der Waals surface area contributed by atoms with Gasteiger partial charge in [0.05, 0.1) is 0 Å². The fourth-order valence-electron chi connectivity index (χ4n) is 2.83. The molecule has 0 unspecified atom stereocenters. The largest absolute Gasteiger partial charge is 0.480 e. The fraction of sp³-hybridized carbons (Fsp3) is 0.357. The van der Waals surface area contributed by atoms with Crippen LogP contribution in [0.5, 0.6) is 0 Å². The molecule has 4 nitrogen and oxygen atoms in total. The molecule has 0 bridgehead atoms. The fourth-order valence-corrected chi connectivity index (χ4v) is 3.00. The van der Waals surface area contributed by atoms with Gasteiger partial charge in [-0.1, -0.05) is 11.6 Å². The Balaban J connectivity index is 2.09. The van der Waals surface area contributed by atoms with Crippen LogP contribution in [0, 0.1) is 0 Å². The van der Waals surface area contributed by atoms with E-state index in [4.69, 9.17) is 11.6 Å². The molecule has 2 N–H and O–H groups in total. The molecule has 1 aliphatic heterocycles. The van der Waals surface area contributed by atoms with E-state index in [0.717, 1.165) is 42.4 Å². The van der Waals surface area contributed by atoms with Gasteiger partial charge in [-0.25, -0.2) is 0 Å². The molecule has 3 rings (SSSR count). The number of nitrogens with zero attached hydrogens (tertiary/aromatic N) is 1. The lowest BCUT2D eigenvalue weighted by Gasteiger charge is -2.23. The Hall–Kier alpha value is -1.52. The Morgan fingerprint density at radius 2 is 2.11 bits per heavy atom. The Bertz CT molecular complexity index is 617. The third-order valence-electron chi connectivity index (χ3n) is 3.71. The zero-order chi connectivity index (χ0) is 13.4. The van der Waals surface area contributed by atoms with Gasteiger partial charge in [-0.3, -0.25) is 9.69 Å². The van der Waals surface area contributed by atoms with Crippen LogP contribution in [0.2, 0.25) is 5.02 Å². The standard InChI is InChI=1S/C14H15ClN2O2/c15-9-3-4-12-10(7-9)11(8-16-12)13(14(18)19)17-5-1-2-6-17/h3-4,7-8,13,16H,1-2,5-6H2,(H,18,19)/t13-/m0/s1. The van der Waals surface area contributed by atoms with Gasteiger partial charge in [0.25, 0.3) is 0 Å². The third-order valence-corrected chi connectivity index (χ3v) is 3.95. The number of nitrogens with one attached hydrogen (secondary N) is 1. The maximum atomic E-state index is 11.6. The number of fused-ring (bicyclic) bond motifs is 1. The Morgan fingerprint density at radius 1 is 1.37 bits per heavy atom. The molecular weight excluding hydrogens is 264 g/mol. The van der Waals surface area contributed by atoms with E-state index < -0.39 is 12.0 Å². The number of carboxylic acids is 1. The van der Waals surface area contributed by atoms with Crippen molar-refractivity contribution in [3.63, 3.8) is 0 Å². The zero-order valence-electron chi connectivity index (χ0n) is 10.4. The molecule has 1 aliphatic rings. The summed E-state index contributed by atoms with van der Waals surface area (Å²) in [6.45, 7) is 1.68. The molecule has 19 heavy (non-hydrogen) atoms. The van der Waals surface area contributed by atoms with Crippen molar-refractivity contribution in [2.24, 2.45) is 0 Å². The monoisotopic (exact) mass is 278 g/mol. The summed E-state index contributed by atoms with van der Waals surface area (Å²) in [5, 5.41) is 11.1. The number of likely N-dealkylation sites (tertiary alicyclic amines) is 1. The van der Waals surface area contributed by atoms with Crippen molar-refractivity contribution >= 4 is 28.5 Å². The van der Waals surface area contributed by atoms with E-state index in [0.29, 0.717) is 5.02 Å². The van der Waals surface area contributed by atoms with E-state index in [9.17, 15) is 9.90 Å². The summed E-state index contributed by atoms with van der Waals surface area (Å²) in [6, 6.07) is 4.92. The van der Waals surface area contributed by atoms with E-state index in [-0.39, 0.29) is 0 Å². The van der Waals surface area contributed by atoms with Crippen molar-refractivity contribution in [1.82, 2.24) is 9.88 Å². The number of rotatable bonds is 3. The van der Waals surface area contributed by atoms with Crippen molar-refractivity contribution in [2.45, 2.75) is 18.9 Å². The summed E-state index contributed by atoms with van der Waals surface area (Å²) in [7, 11) is 0. The highest BCUT2D eigenvalue weighted by Gasteiger charge is 2.31. The van der Waals surface area contributed by atoms with E-state index in [1.165, 1.54) is 0 Å². The van der Waals surface area contributed by atoms with E-state index in [2.05, 4.69) is 4.98 Å². The number of carboxylic acid groups (broad SMARTS) is 1. The van der Waals surface area contributed by atoms with Crippen LogP contribution in [-0.2, 0) is 4.79 Å². The van der Waals surface area contributed by atoms with Crippen molar-refractivity contribution in [3.8, 4) is 0 Å². The third kappa shape index (κ3) is 2.22. The van der Waals surface area contributed by atoms with Crippen LogP contribution in [0.4, 0.5) is 0 Å². The number of aromatic nitrogens is 1. The molecule has 1 aromatic carbocycles. The maximum Gasteiger partial charge on any atom is 0.325 e. The van der Waals surface area contributed by atoms with Gasteiger partial charge in [0.15, 0.2) is 0 Å². The van der Waals surface area contributed by atoms with Crippen molar-refractivity contribution in [2.75, 3.05) is 13.1 Å². The quantitative estimate of drug-likeness (QED) is 0.907. The summed E-state index contributed by atoms with van der Waals surface area (Å²) in [5.74, 6) is -0.803. The summed E-state index contributed by atoms with van der Waals surface area (Å²) >= 11 is 6.02. The lowest BCUT2D eigenvalue weighted by atomic mass is 10.0. The van der Waals surface area contributed by atoms with Crippen LogP contribution < -0.4 is 0 Å². The van der Waals surface area contributed by atoms with Crippen LogP contribution in [0.25, 0.3) is 10.9 Å². The number of hydrogen-bond acceptors (Lipinski definition) is 2. The Morgan fingerprint density at radius 3 is 2.79 bits per heavy atom. The molecule has 0 aliphatic carbocycles. The molecule has 0 spiro atoms. The number of aromatic amines is 1. The number of aliphatic carboxylic acids is 1. The average Bonchev–Trinajstić information content (AvgIpc) is 3.00. The van der Waals surface area contributed by atoms with Crippen LogP contribution in [0.3, 0.4) is 0 Å². The van der Waals surface area contributed by atoms with Gasteiger partial charge in [0.2, 0.25) is 0 Å². The second-order valence-corrected chi connectivity index (χ2v) is 5.35. The molecule has 1 fully saturated rings. The summed E-state index contributed by atoms with van der Waals surface area (Å²) < 4.78 is 0. The second kappa shape index (κ2) is 4.87. The molecular formula is C14H15ClN2O2. The van der Waals surface area contributed by atoms with Crippen molar-refractivity contribution < 1.29 is 9.90 Å². The predicted octanol–water partition coefficient (Wildman–Crippen LogP) is 3.04. The van der Waals surface area contributed by atoms with E-state index in [1.54, 1.807) is 12.3 Å². The minimum Gasteiger partial charge on any atom is -0.480 e. The predicted molar refractivity (Wildman–Crippen MR) is 74.5 cm³/mol. The highest BCUT2D eigenvalue weighted by Crippen LogP contribution is 2.32. The lowest BCUT2D eigenvalue weighted by Crippen LogP contribution is -2.31. The van der Waals surface area contributed by atoms with Crippen molar-refractivity contribution in [3.05, 3.63) is 35.0 Å². The summed E-state index contributed by atoms with van der Waals surface area (Å²) in [4.78, 5) is 16.8. The molecule has 1 aromatic heterocycles. The molecule has 0 saturated carbocycles. The maximum absolute atomic E-state index is 11.6. The first kappa shape index (κ1) is 12.5. The molecule has 1 saturated heterocycles. The molecule has 0 radical (unpaired) electrons. The molecule has 5 heteroatoms. The van der Waals surface area contributed by atoms with Gasteiger partial charge in [0.1, 0.15) is 6.04 Å². The smallest absolute Gasteiger partial charge is 0.325 e. The number of halogens is 1. The molecule has 2 aromatic rings. The van der Waals surface area contributed by atoms with Gasteiger partial charge in [-0.05, 0) is 44.1 Å². The highest BCUT2D eigenvalue weighted by atomic mass is 35.5. The van der Waals surface area contributed by atoms with Gasteiger partial charge in [-0.2, -0.15) is 0 Å². The molecule has 100 valence electrons.